The Morgan fingerprint density at radius 1 is 1.42 bits per heavy atom. The summed E-state index contributed by atoms with van der Waals surface area (Å²) in [5.41, 5.74) is -0.392. The number of rotatable bonds is 7. The van der Waals surface area contributed by atoms with Crippen molar-refractivity contribution in [2.75, 3.05) is 5.32 Å². The largest absolute Gasteiger partial charge is 0.467 e. The highest BCUT2D eigenvalue weighted by Gasteiger charge is 2.42. The second-order valence-corrected chi connectivity index (χ2v) is 7.60. The first kappa shape index (κ1) is 17.7. The van der Waals surface area contributed by atoms with Crippen LogP contribution in [-0.4, -0.2) is 20.3 Å². The Balaban J connectivity index is 1.62. The zero-order chi connectivity index (χ0) is 18.3. The fourth-order valence-corrected chi connectivity index (χ4v) is 3.78. The number of nitrogens with one attached hydrogen (secondary N) is 1. The summed E-state index contributed by atoms with van der Waals surface area (Å²) >= 11 is 9.38. The van der Waals surface area contributed by atoms with Gasteiger partial charge in [0.1, 0.15) is 21.5 Å². The minimum atomic E-state index is -1.04. The Morgan fingerprint density at radius 2 is 2.23 bits per heavy atom. The molecule has 9 heteroatoms. The van der Waals surface area contributed by atoms with Gasteiger partial charge < -0.3 is 9.73 Å². The molecule has 0 aliphatic heterocycles. The molecule has 0 unspecified atom stereocenters. The number of aromatic nitrogens is 3. The fraction of sp³-hybridized carbons (Fsp3) is 0.412. The van der Waals surface area contributed by atoms with E-state index in [0.717, 1.165) is 0 Å². The lowest BCUT2D eigenvalue weighted by molar-refractivity contribution is 0.283. The van der Waals surface area contributed by atoms with Gasteiger partial charge in [-0.05, 0) is 71.8 Å². The molecule has 0 saturated heterocycles. The van der Waals surface area contributed by atoms with Crippen molar-refractivity contribution < 1.29 is 13.2 Å². The lowest BCUT2D eigenvalue weighted by atomic mass is 10.1. The highest BCUT2D eigenvalue weighted by atomic mass is 79.9. The van der Waals surface area contributed by atoms with Crippen molar-refractivity contribution in [3.8, 4) is 0 Å². The predicted octanol–water partition coefficient (Wildman–Crippen LogP) is 5.31. The van der Waals surface area contributed by atoms with E-state index in [2.05, 4.69) is 31.3 Å². The number of fused-ring (bicyclic) bond motifs is 1. The third-order valence-corrected chi connectivity index (χ3v) is 5.56. The average molecular weight is 446 g/mol. The molecule has 1 aliphatic rings. The van der Waals surface area contributed by atoms with Crippen molar-refractivity contribution >= 4 is 38.9 Å². The van der Waals surface area contributed by atoms with Gasteiger partial charge in [0.25, 0.3) is 0 Å². The van der Waals surface area contributed by atoms with E-state index < -0.39 is 11.5 Å². The summed E-state index contributed by atoms with van der Waals surface area (Å²) in [7, 11) is 0. The molecular formula is C17H16BrClF2N4O. The number of hydrogen-bond acceptors (Lipinski definition) is 4. The summed E-state index contributed by atoms with van der Waals surface area (Å²) in [6, 6.07) is 3.57. The van der Waals surface area contributed by atoms with Crippen LogP contribution in [-0.2, 0) is 13.0 Å². The van der Waals surface area contributed by atoms with E-state index in [-0.39, 0.29) is 16.6 Å². The van der Waals surface area contributed by atoms with E-state index in [1.165, 1.54) is 4.52 Å². The zero-order valence-corrected chi connectivity index (χ0v) is 16.1. The molecule has 5 nitrogen and oxygen atoms in total. The first-order valence-electron chi connectivity index (χ1n) is 8.34. The summed E-state index contributed by atoms with van der Waals surface area (Å²) in [5.74, 6) is 0.524. The second kappa shape index (κ2) is 6.81. The molecular weight excluding hydrogens is 430 g/mol. The Morgan fingerprint density at radius 3 is 2.92 bits per heavy atom. The molecule has 4 rings (SSSR count). The highest BCUT2D eigenvalue weighted by Crippen LogP contribution is 2.44. The van der Waals surface area contributed by atoms with Crippen LogP contribution in [0.1, 0.15) is 37.0 Å². The van der Waals surface area contributed by atoms with Crippen LogP contribution in [0.4, 0.5) is 14.6 Å². The number of anilines is 1. The Labute approximate surface area is 161 Å². The molecule has 0 aromatic carbocycles. The van der Waals surface area contributed by atoms with Crippen LogP contribution < -0.4 is 5.32 Å². The summed E-state index contributed by atoms with van der Waals surface area (Å²) in [5, 5.41) is 7.10. The van der Waals surface area contributed by atoms with E-state index in [4.69, 9.17) is 16.0 Å². The van der Waals surface area contributed by atoms with Gasteiger partial charge in [0.05, 0.1) is 12.8 Å². The Kier molecular flexibility index (Phi) is 4.64. The van der Waals surface area contributed by atoms with Crippen molar-refractivity contribution in [1.29, 1.82) is 0 Å². The van der Waals surface area contributed by atoms with E-state index in [0.29, 0.717) is 54.6 Å². The maximum atomic E-state index is 15.1. The van der Waals surface area contributed by atoms with Crippen LogP contribution in [0.5, 0.6) is 0 Å². The molecule has 3 aromatic heterocycles. The molecule has 0 amide bonds. The lowest BCUT2D eigenvalue weighted by Gasteiger charge is -2.06. The minimum absolute atomic E-state index is 0.0117. The standard InChI is InChI=1S/C17H16BrClF2N4O/c18-14-11(4-1-5-17(21)6-7-17)12(20)13-15(23-16(19)24-25(13)14)22-9-10-3-2-8-26-10/h2-3,8H,1,4-7,9H2,(H,22,23,24). The summed E-state index contributed by atoms with van der Waals surface area (Å²) < 4.78 is 36.0. The van der Waals surface area contributed by atoms with Crippen LogP contribution in [0.2, 0.25) is 5.28 Å². The molecule has 3 aromatic rings. The molecule has 138 valence electrons. The average Bonchev–Trinajstić information content (AvgIpc) is 3.04. The fourth-order valence-electron chi connectivity index (χ4n) is 2.99. The Bertz CT molecular complexity index is 940. The normalized spacial score (nSPS) is 15.5. The number of hydrogen-bond donors (Lipinski definition) is 1. The van der Waals surface area contributed by atoms with Gasteiger partial charge >= 0.3 is 0 Å². The molecule has 3 heterocycles. The smallest absolute Gasteiger partial charge is 0.243 e. The zero-order valence-electron chi connectivity index (χ0n) is 13.7. The van der Waals surface area contributed by atoms with Crippen LogP contribution in [0, 0.1) is 5.82 Å². The maximum Gasteiger partial charge on any atom is 0.243 e. The van der Waals surface area contributed by atoms with Gasteiger partial charge in [0.2, 0.25) is 5.28 Å². The molecule has 1 saturated carbocycles. The van der Waals surface area contributed by atoms with Crippen molar-refractivity contribution in [2.45, 2.75) is 44.3 Å². The van der Waals surface area contributed by atoms with E-state index >= 15 is 4.39 Å². The van der Waals surface area contributed by atoms with Crippen LogP contribution in [0.25, 0.3) is 5.52 Å². The van der Waals surface area contributed by atoms with Crippen LogP contribution in [0.15, 0.2) is 27.4 Å². The quantitative estimate of drug-likeness (QED) is 0.535. The number of alkyl halides is 1. The van der Waals surface area contributed by atoms with Crippen LogP contribution >= 0.6 is 27.5 Å². The van der Waals surface area contributed by atoms with Crippen molar-refractivity contribution in [3.05, 3.63) is 45.4 Å². The molecule has 0 atom stereocenters. The van der Waals surface area contributed by atoms with Gasteiger partial charge in [-0.25, -0.2) is 13.3 Å². The van der Waals surface area contributed by atoms with E-state index in [1.54, 1.807) is 18.4 Å². The molecule has 1 N–H and O–H groups in total. The van der Waals surface area contributed by atoms with Gasteiger partial charge in [0.15, 0.2) is 11.6 Å². The van der Waals surface area contributed by atoms with E-state index in [9.17, 15) is 4.39 Å². The van der Waals surface area contributed by atoms with Gasteiger partial charge in [-0.15, -0.1) is 5.10 Å². The number of furan rings is 1. The first-order chi connectivity index (χ1) is 12.5. The predicted molar refractivity (Wildman–Crippen MR) is 97.7 cm³/mol. The Hall–Kier alpha value is -1.67. The second-order valence-electron chi connectivity index (χ2n) is 6.51. The summed E-state index contributed by atoms with van der Waals surface area (Å²) in [6.45, 7) is 0.331. The molecule has 0 bridgehead atoms. The third-order valence-electron chi connectivity index (χ3n) is 4.58. The highest BCUT2D eigenvalue weighted by molar-refractivity contribution is 9.10. The SMILES string of the molecule is Fc1c(CCCC2(F)CC2)c(Br)n2nc(Cl)nc(NCc3ccco3)c12. The number of halogens is 4. The van der Waals surface area contributed by atoms with E-state index in [1.807, 2.05) is 0 Å². The monoisotopic (exact) mass is 444 g/mol. The van der Waals surface area contributed by atoms with Gasteiger partial charge in [-0.2, -0.15) is 4.98 Å². The van der Waals surface area contributed by atoms with Gasteiger partial charge in [-0.3, -0.25) is 0 Å². The summed E-state index contributed by atoms with van der Waals surface area (Å²) in [4.78, 5) is 4.11. The summed E-state index contributed by atoms with van der Waals surface area (Å²) in [6.07, 6.45) is 4.20. The lowest BCUT2D eigenvalue weighted by Crippen LogP contribution is -2.06. The minimum Gasteiger partial charge on any atom is -0.467 e. The van der Waals surface area contributed by atoms with Crippen molar-refractivity contribution in [1.82, 2.24) is 14.6 Å². The van der Waals surface area contributed by atoms with Crippen LogP contribution in [0.3, 0.4) is 0 Å². The number of nitrogens with zero attached hydrogens (tertiary/aromatic N) is 3. The van der Waals surface area contributed by atoms with Crippen molar-refractivity contribution in [2.24, 2.45) is 0 Å². The van der Waals surface area contributed by atoms with Gasteiger partial charge in [0, 0.05) is 5.56 Å². The third kappa shape index (κ3) is 3.44. The topological polar surface area (TPSA) is 55.4 Å². The molecule has 0 spiro atoms. The molecule has 26 heavy (non-hydrogen) atoms. The van der Waals surface area contributed by atoms with Crippen molar-refractivity contribution in [3.63, 3.8) is 0 Å². The first-order valence-corrected chi connectivity index (χ1v) is 9.51. The van der Waals surface area contributed by atoms with Gasteiger partial charge in [-0.1, -0.05) is 0 Å². The molecule has 0 radical (unpaired) electrons. The molecule has 1 fully saturated rings. The molecule has 1 aliphatic carbocycles. The maximum absolute atomic E-state index is 15.1.